The summed E-state index contributed by atoms with van der Waals surface area (Å²) in [6.07, 6.45) is 0. The monoisotopic (exact) mass is 263 g/mol. The molecule has 4 aromatic rings. The number of nitrogens with zero attached hydrogens (tertiary/aromatic N) is 5. The summed E-state index contributed by atoms with van der Waals surface area (Å²) in [5, 5.41) is 14.2. The van der Waals surface area contributed by atoms with Gasteiger partial charge in [-0.1, -0.05) is 18.2 Å². The van der Waals surface area contributed by atoms with E-state index in [0.29, 0.717) is 0 Å². The molecule has 0 spiro atoms. The minimum Gasteiger partial charge on any atom is -0.274 e. The first kappa shape index (κ1) is 11.2. The zero-order valence-electron chi connectivity index (χ0n) is 11.3. The van der Waals surface area contributed by atoms with Crippen LogP contribution in [-0.2, 0) is 7.05 Å². The van der Waals surface area contributed by atoms with Gasteiger partial charge in [0.15, 0.2) is 11.5 Å². The molecule has 5 nitrogen and oxygen atoms in total. The van der Waals surface area contributed by atoms with Gasteiger partial charge in [-0.15, -0.1) is 10.2 Å². The molecule has 3 aromatic heterocycles. The highest BCUT2D eigenvalue weighted by Crippen LogP contribution is 2.23. The molecule has 0 N–H and O–H groups in total. The fraction of sp³-hybridized carbons (Fsp3) is 0.133. The molecular weight excluding hydrogens is 250 g/mol. The molecule has 0 unspecified atom stereocenters. The van der Waals surface area contributed by atoms with E-state index < -0.39 is 0 Å². The third-order valence-electron chi connectivity index (χ3n) is 3.51. The van der Waals surface area contributed by atoms with E-state index >= 15 is 0 Å². The van der Waals surface area contributed by atoms with Crippen LogP contribution >= 0.6 is 0 Å². The standard InChI is InChI=1S/C15H13N5/c1-10-9-13(19(2)18-10)15-17-16-14-8-7-11-5-3-4-6-12(11)20(14)15/h3-9H,1-2H3. The van der Waals surface area contributed by atoms with Crippen molar-refractivity contribution in [2.45, 2.75) is 6.92 Å². The lowest BCUT2D eigenvalue weighted by molar-refractivity contribution is 0.758. The predicted octanol–water partition coefficient (Wildman–Crippen LogP) is 2.59. The first-order valence-electron chi connectivity index (χ1n) is 6.48. The lowest BCUT2D eigenvalue weighted by atomic mass is 10.2. The molecule has 4 rings (SSSR count). The van der Waals surface area contributed by atoms with Gasteiger partial charge in [0.1, 0.15) is 5.69 Å². The van der Waals surface area contributed by atoms with Gasteiger partial charge < -0.3 is 0 Å². The minimum absolute atomic E-state index is 0.819. The number of hydrogen-bond donors (Lipinski definition) is 0. The van der Waals surface area contributed by atoms with Crippen molar-refractivity contribution < 1.29 is 0 Å². The van der Waals surface area contributed by atoms with Crippen molar-refractivity contribution in [3.8, 4) is 11.5 Å². The SMILES string of the molecule is Cc1cc(-c2nnc3ccc4ccccc4n23)n(C)n1. The summed E-state index contributed by atoms with van der Waals surface area (Å²) in [4.78, 5) is 0. The van der Waals surface area contributed by atoms with Gasteiger partial charge in [0.05, 0.1) is 11.2 Å². The maximum absolute atomic E-state index is 4.39. The van der Waals surface area contributed by atoms with E-state index in [1.54, 1.807) is 0 Å². The highest BCUT2D eigenvalue weighted by Gasteiger charge is 2.14. The summed E-state index contributed by atoms with van der Waals surface area (Å²) in [6, 6.07) is 14.3. The van der Waals surface area contributed by atoms with Crippen LogP contribution in [0.1, 0.15) is 5.69 Å². The van der Waals surface area contributed by atoms with Crippen LogP contribution in [-0.4, -0.2) is 24.4 Å². The van der Waals surface area contributed by atoms with Crippen molar-refractivity contribution >= 4 is 16.6 Å². The molecule has 3 heterocycles. The summed E-state index contributed by atoms with van der Waals surface area (Å²) in [5.74, 6) is 0.819. The van der Waals surface area contributed by atoms with Crippen LogP contribution in [0.15, 0.2) is 42.5 Å². The Bertz CT molecular complexity index is 932. The number of fused-ring (bicyclic) bond motifs is 3. The average molecular weight is 263 g/mol. The van der Waals surface area contributed by atoms with Crippen molar-refractivity contribution in [2.75, 3.05) is 0 Å². The first-order valence-corrected chi connectivity index (χ1v) is 6.48. The molecule has 0 aliphatic rings. The molecular formula is C15H13N5. The van der Waals surface area contributed by atoms with Gasteiger partial charge in [-0.25, -0.2) is 0 Å². The van der Waals surface area contributed by atoms with Gasteiger partial charge in [0, 0.05) is 7.05 Å². The van der Waals surface area contributed by atoms with Gasteiger partial charge >= 0.3 is 0 Å². The number of rotatable bonds is 1. The maximum atomic E-state index is 4.39. The fourth-order valence-electron chi connectivity index (χ4n) is 2.62. The summed E-state index contributed by atoms with van der Waals surface area (Å²) in [5.41, 5.74) is 3.88. The highest BCUT2D eigenvalue weighted by atomic mass is 15.3. The van der Waals surface area contributed by atoms with E-state index in [0.717, 1.165) is 28.4 Å². The zero-order chi connectivity index (χ0) is 13.7. The summed E-state index contributed by atoms with van der Waals surface area (Å²) < 4.78 is 3.92. The van der Waals surface area contributed by atoms with Crippen LogP contribution in [0.2, 0.25) is 0 Å². The molecule has 0 aliphatic carbocycles. The highest BCUT2D eigenvalue weighted by molar-refractivity contribution is 5.83. The Labute approximate surface area is 115 Å². The summed E-state index contributed by atoms with van der Waals surface area (Å²) >= 11 is 0. The second kappa shape index (κ2) is 3.90. The third kappa shape index (κ3) is 1.46. The fourth-order valence-corrected chi connectivity index (χ4v) is 2.62. The molecule has 0 amide bonds. The van der Waals surface area contributed by atoms with Gasteiger partial charge in [0.25, 0.3) is 0 Å². The Morgan fingerprint density at radius 2 is 1.85 bits per heavy atom. The quantitative estimate of drug-likeness (QED) is 0.530. The molecule has 0 radical (unpaired) electrons. The third-order valence-corrected chi connectivity index (χ3v) is 3.51. The Hall–Kier alpha value is -2.69. The van der Waals surface area contributed by atoms with Crippen molar-refractivity contribution in [1.82, 2.24) is 24.4 Å². The minimum atomic E-state index is 0.819. The maximum Gasteiger partial charge on any atom is 0.187 e. The zero-order valence-corrected chi connectivity index (χ0v) is 11.3. The lowest BCUT2D eigenvalue weighted by Gasteiger charge is -2.04. The van der Waals surface area contributed by atoms with Crippen LogP contribution in [0.4, 0.5) is 0 Å². The van der Waals surface area contributed by atoms with E-state index in [-0.39, 0.29) is 0 Å². The number of aromatic nitrogens is 5. The normalized spacial score (nSPS) is 11.5. The number of benzene rings is 1. The van der Waals surface area contributed by atoms with Crippen LogP contribution in [0.25, 0.3) is 28.1 Å². The Kier molecular flexibility index (Phi) is 2.18. The number of hydrogen-bond acceptors (Lipinski definition) is 3. The van der Waals surface area contributed by atoms with Gasteiger partial charge in [0.2, 0.25) is 0 Å². The van der Waals surface area contributed by atoms with Crippen LogP contribution in [0.3, 0.4) is 0 Å². The Balaban J connectivity index is 2.15. The van der Waals surface area contributed by atoms with Gasteiger partial charge in [-0.3, -0.25) is 9.08 Å². The molecule has 1 aromatic carbocycles. The number of aryl methyl sites for hydroxylation is 2. The molecule has 20 heavy (non-hydrogen) atoms. The van der Waals surface area contributed by atoms with E-state index in [1.807, 2.05) is 42.9 Å². The van der Waals surface area contributed by atoms with Crippen molar-refractivity contribution in [3.63, 3.8) is 0 Å². The lowest BCUT2D eigenvalue weighted by Crippen LogP contribution is -1.98. The largest absolute Gasteiger partial charge is 0.274 e. The van der Waals surface area contributed by atoms with E-state index in [9.17, 15) is 0 Å². The van der Waals surface area contributed by atoms with Crippen LogP contribution < -0.4 is 0 Å². The van der Waals surface area contributed by atoms with Gasteiger partial charge in [-0.2, -0.15) is 5.10 Å². The van der Waals surface area contributed by atoms with E-state index in [1.165, 1.54) is 5.39 Å². The number of pyridine rings is 1. The van der Waals surface area contributed by atoms with Crippen molar-refractivity contribution in [1.29, 1.82) is 0 Å². The van der Waals surface area contributed by atoms with E-state index in [2.05, 4.69) is 37.9 Å². The molecule has 5 heteroatoms. The Morgan fingerprint density at radius 3 is 2.65 bits per heavy atom. The van der Waals surface area contributed by atoms with Gasteiger partial charge in [-0.05, 0) is 36.6 Å². The topological polar surface area (TPSA) is 48.0 Å². The van der Waals surface area contributed by atoms with E-state index in [4.69, 9.17) is 0 Å². The average Bonchev–Trinajstić information content (AvgIpc) is 3.01. The molecule has 0 bridgehead atoms. The molecule has 0 saturated carbocycles. The molecule has 0 aliphatic heterocycles. The van der Waals surface area contributed by atoms with Crippen LogP contribution in [0, 0.1) is 6.92 Å². The second-order valence-electron chi connectivity index (χ2n) is 4.90. The van der Waals surface area contributed by atoms with Crippen LogP contribution in [0.5, 0.6) is 0 Å². The van der Waals surface area contributed by atoms with Crippen molar-refractivity contribution in [2.24, 2.45) is 7.05 Å². The molecule has 0 atom stereocenters. The Morgan fingerprint density at radius 1 is 1.00 bits per heavy atom. The first-order chi connectivity index (χ1) is 9.74. The predicted molar refractivity (Wildman–Crippen MR) is 77.4 cm³/mol. The summed E-state index contributed by atoms with van der Waals surface area (Å²) in [7, 11) is 1.93. The smallest absolute Gasteiger partial charge is 0.187 e. The number of para-hydroxylation sites is 1. The molecule has 0 fully saturated rings. The molecule has 0 saturated heterocycles. The molecule has 98 valence electrons. The summed E-state index contributed by atoms with van der Waals surface area (Å²) in [6.45, 7) is 1.98. The second-order valence-corrected chi connectivity index (χ2v) is 4.90. The van der Waals surface area contributed by atoms with Crippen molar-refractivity contribution in [3.05, 3.63) is 48.2 Å².